The van der Waals surface area contributed by atoms with E-state index in [0.29, 0.717) is 0 Å². The standard InChI is InChI=1S/C13H19Br/c1-3-5-11(6-4-2)12-7-9-13(14)10-8-12/h7-11H,3-6H2,1-2H3. The zero-order valence-corrected chi connectivity index (χ0v) is 10.7. The maximum absolute atomic E-state index is 3.47. The normalized spacial score (nSPS) is 10.9. The summed E-state index contributed by atoms with van der Waals surface area (Å²) in [5, 5.41) is 0. The van der Waals surface area contributed by atoms with Crippen molar-refractivity contribution in [3.8, 4) is 0 Å². The van der Waals surface area contributed by atoms with Crippen LogP contribution >= 0.6 is 15.9 Å². The lowest BCUT2D eigenvalue weighted by Gasteiger charge is -2.15. The highest BCUT2D eigenvalue weighted by Crippen LogP contribution is 2.27. The summed E-state index contributed by atoms with van der Waals surface area (Å²) in [6.45, 7) is 4.53. The first-order chi connectivity index (χ1) is 6.77. The molecule has 0 saturated carbocycles. The van der Waals surface area contributed by atoms with Gasteiger partial charge in [0.15, 0.2) is 0 Å². The van der Waals surface area contributed by atoms with Crippen LogP contribution in [0.25, 0.3) is 0 Å². The van der Waals surface area contributed by atoms with Gasteiger partial charge in [0, 0.05) is 4.47 Å². The Labute approximate surface area is 95.9 Å². The van der Waals surface area contributed by atoms with Gasteiger partial charge in [-0.2, -0.15) is 0 Å². The van der Waals surface area contributed by atoms with E-state index in [2.05, 4.69) is 54.0 Å². The van der Waals surface area contributed by atoms with Gasteiger partial charge in [-0.05, 0) is 36.5 Å². The number of halogens is 1. The van der Waals surface area contributed by atoms with Gasteiger partial charge in [-0.3, -0.25) is 0 Å². The van der Waals surface area contributed by atoms with E-state index in [1.165, 1.54) is 35.7 Å². The SMILES string of the molecule is CCCC(CCC)c1ccc(Br)cc1. The topological polar surface area (TPSA) is 0 Å². The molecule has 0 nitrogen and oxygen atoms in total. The van der Waals surface area contributed by atoms with E-state index in [-0.39, 0.29) is 0 Å². The zero-order chi connectivity index (χ0) is 10.4. The minimum Gasteiger partial charge on any atom is -0.0654 e. The molecule has 0 unspecified atom stereocenters. The monoisotopic (exact) mass is 254 g/mol. The summed E-state index contributed by atoms with van der Waals surface area (Å²) >= 11 is 3.47. The molecule has 14 heavy (non-hydrogen) atoms. The first-order valence-corrected chi connectivity index (χ1v) is 6.32. The molecule has 0 spiro atoms. The molecule has 78 valence electrons. The van der Waals surface area contributed by atoms with Crippen molar-refractivity contribution in [1.82, 2.24) is 0 Å². The fourth-order valence-electron chi connectivity index (χ4n) is 1.91. The van der Waals surface area contributed by atoms with Gasteiger partial charge in [-0.25, -0.2) is 0 Å². The van der Waals surface area contributed by atoms with Crippen molar-refractivity contribution in [3.05, 3.63) is 34.3 Å². The largest absolute Gasteiger partial charge is 0.0654 e. The predicted molar refractivity (Wildman–Crippen MR) is 66.7 cm³/mol. The highest BCUT2D eigenvalue weighted by Gasteiger charge is 2.08. The first-order valence-electron chi connectivity index (χ1n) is 5.53. The summed E-state index contributed by atoms with van der Waals surface area (Å²) in [6, 6.07) is 8.79. The van der Waals surface area contributed by atoms with Crippen molar-refractivity contribution >= 4 is 15.9 Å². The molecular formula is C13H19Br. The average Bonchev–Trinajstić information content (AvgIpc) is 2.19. The van der Waals surface area contributed by atoms with Crippen LogP contribution in [0.4, 0.5) is 0 Å². The first kappa shape index (κ1) is 11.8. The van der Waals surface area contributed by atoms with E-state index < -0.39 is 0 Å². The van der Waals surface area contributed by atoms with Crippen LogP contribution in [-0.2, 0) is 0 Å². The Kier molecular flexibility index (Phi) is 5.24. The van der Waals surface area contributed by atoms with Crippen LogP contribution in [-0.4, -0.2) is 0 Å². The van der Waals surface area contributed by atoms with Gasteiger partial charge < -0.3 is 0 Å². The Morgan fingerprint density at radius 3 is 1.93 bits per heavy atom. The molecule has 1 heteroatoms. The van der Waals surface area contributed by atoms with Gasteiger partial charge in [0.05, 0.1) is 0 Å². The number of hydrogen-bond donors (Lipinski definition) is 0. The Balaban J connectivity index is 2.71. The van der Waals surface area contributed by atoms with Crippen molar-refractivity contribution < 1.29 is 0 Å². The van der Waals surface area contributed by atoms with Gasteiger partial charge in [-0.1, -0.05) is 54.8 Å². The molecule has 1 rings (SSSR count). The lowest BCUT2D eigenvalue weighted by atomic mass is 9.91. The van der Waals surface area contributed by atoms with E-state index in [0.717, 1.165) is 5.92 Å². The molecule has 1 aromatic rings. The van der Waals surface area contributed by atoms with Gasteiger partial charge in [0.1, 0.15) is 0 Å². The second-order valence-corrected chi connectivity index (χ2v) is 4.74. The summed E-state index contributed by atoms with van der Waals surface area (Å²) < 4.78 is 1.17. The third kappa shape index (κ3) is 3.45. The molecule has 0 aliphatic carbocycles. The average molecular weight is 255 g/mol. The Morgan fingerprint density at radius 1 is 1.00 bits per heavy atom. The van der Waals surface area contributed by atoms with Gasteiger partial charge >= 0.3 is 0 Å². The third-order valence-corrected chi connectivity index (χ3v) is 3.14. The Morgan fingerprint density at radius 2 is 1.50 bits per heavy atom. The van der Waals surface area contributed by atoms with Crippen LogP contribution in [0.5, 0.6) is 0 Å². The fourth-order valence-corrected chi connectivity index (χ4v) is 2.17. The fraction of sp³-hybridized carbons (Fsp3) is 0.538. The molecule has 0 amide bonds. The Bertz CT molecular complexity index is 244. The number of hydrogen-bond acceptors (Lipinski definition) is 0. The van der Waals surface area contributed by atoms with Crippen LogP contribution < -0.4 is 0 Å². The molecule has 0 atom stereocenters. The summed E-state index contributed by atoms with van der Waals surface area (Å²) in [6.07, 6.45) is 5.19. The van der Waals surface area contributed by atoms with Crippen molar-refractivity contribution in [1.29, 1.82) is 0 Å². The van der Waals surface area contributed by atoms with Crippen LogP contribution in [0.3, 0.4) is 0 Å². The van der Waals surface area contributed by atoms with Crippen LogP contribution in [0.15, 0.2) is 28.7 Å². The summed E-state index contributed by atoms with van der Waals surface area (Å²) in [7, 11) is 0. The molecule has 0 saturated heterocycles. The highest BCUT2D eigenvalue weighted by atomic mass is 79.9. The molecule has 0 aliphatic rings. The maximum atomic E-state index is 3.47. The van der Waals surface area contributed by atoms with E-state index in [9.17, 15) is 0 Å². The van der Waals surface area contributed by atoms with Crippen LogP contribution in [0, 0.1) is 0 Å². The molecule has 0 heterocycles. The Hall–Kier alpha value is -0.300. The van der Waals surface area contributed by atoms with E-state index in [1.807, 2.05) is 0 Å². The summed E-state index contributed by atoms with van der Waals surface area (Å²) in [4.78, 5) is 0. The molecule has 0 N–H and O–H groups in total. The maximum Gasteiger partial charge on any atom is 0.0175 e. The molecule has 0 bridgehead atoms. The van der Waals surface area contributed by atoms with Crippen molar-refractivity contribution in [2.24, 2.45) is 0 Å². The van der Waals surface area contributed by atoms with E-state index >= 15 is 0 Å². The highest BCUT2D eigenvalue weighted by molar-refractivity contribution is 9.10. The minimum atomic E-state index is 0.762. The molecule has 0 aromatic heterocycles. The van der Waals surface area contributed by atoms with Crippen LogP contribution in [0.2, 0.25) is 0 Å². The second-order valence-electron chi connectivity index (χ2n) is 3.83. The van der Waals surface area contributed by atoms with Gasteiger partial charge in [-0.15, -0.1) is 0 Å². The van der Waals surface area contributed by atoms with E-state index in [1.54, 1.807) is 0 Å². The van der Waals surface area contributed by atoms with Gasteiger partial charge in [0.2, 0.25) is 0 Å². The molecule has 0 fully saturated rings. The van der Waals surface area contributed by atoms with Crippen molar-refractivity contribution in [3.63, 3.8) is 0 Å². The quantitative estimate of drug-likeness (QED) is 0.683. The lowest BCUT2D eigenvalue weighted by molar-refractivity contribution is 0.561. The molecule has 1 aromatic carbocycles. The molecular weight excluding hydrogens is 236 g/mol. The van der Waals surface area contributed by atoms with Crippen molar-refractivity contribution in [2.45, 2.75) is 45.4 Å². The third-order valence-electron chi connectivity index (χ3n) is 2.62. The van der Waals surface area contributed by atoms with E-state index in [4.69, 9.17) is 0 Å². The second kappa shape index (κ2) is 6.23. The van der Waals surface area contributed by atoms with Crippen molar-refractivity contribution in [2.75, 3.05) is 0 Å². The van der Waals surface area contributed by atoms with Gasteiger partial charge in [0.25, 0.3) is 0 Å². The summed E-state index contributed by atoms with van der Waals surface area (Å²) in [5.41, 5.74) is 1.50. The number of rotatable bonds is 5. The number of benzene rings is 1. The summed E-state index contributed by atoms with van der Waals surface area (Å²) in [5.74, 6) is 0.762. The predicted octanol–water partition coefficient (Wildman–Crippen LogP) is 5.13. The minimum absolute atomic E-state index is 0.762. The lowest BCUT2D eigenvalue weighted by Crippen LogP contribution is -1.97. The zero-order valence-electron chi connectivity index (χ0n) is 9.09. The smallest absolute Gasteiger partial charge is 0.0175 e. The molecule has 0 aliphatic heterocycles. The molecule has 0 radical (unpaired) electrons. The van der Waals surface area contributed by atoms with Crippen LogP contribution in [0.1, 0.15) is 51.0 Å².